The highest BCUT2D eigenvalue weighted by Gasteiger charge is 2.27. The lowest BCUT2D eigenvalue weighted by Gasteiger charge is -2.27. The maximum Gasteiger partial charge on any atom is 0.244 e. The molecular formula is C12H16ClFN2O3S. The van der Waals surface area contributed by atoms with E-state index in [0.717, 1.165) is 18.7 Å². The van der Waals surface area contributed by atoms with Crippen LogP contribution in [0.15, 0.2) is 23.1 Å². The molecule has 1 atom stereocenters. The lowest BCUT2D eigenvalue weighted by Crippen LogP contribution is -2.45. The molecule has 0 amide bonds. The zero-order chi connectivity index (χ0) is 14.8. The van der Waals surface area contributed by atoms with Crippen LogP contribution in [-0.4, -0.2) is 52.1 Å². The molecule has 1 N–H and O–H groups in total. The molecule has 1 aromatic rings. The first-order valence-corrected chi connectivity index (χ1v) is 7.97. The second-order valence-corrected chi connectivity index (χ2v) is 6.98. The van der Waals surface area contributed by atoms with Crippen LogP contribution in [0.25, 0.3) is 0 Å². The Morgan fingerprint density at radius 1 is 1.55 bits per heavy atom. The van der Waals surface area contributed by atoms with Crippen molar-refractivity contribution in [1.82, 2.24) is 9.62 Å². The summed E-state index contributed by atoms with van der Waals surface area (Å²) in [6.07, 6.45) is -0.206. The third kappa shape index (κ3) is 3.48. The normalized spacial score (nSPS) is 20.3. The summed E-state index contributed by atoms with van der Waals surface area (Å²) in [5, 5.41) is 3.00. The van der Waals surface area contributed by atoms with Gasteiger partial charge in [-0.05, 0) is 18.2 Å². The highest BCUT2D eigenvalue weighted by molar-refractivity contribution is 7.89. The van der Waals surface area contributed by atoms with E-state index in [0.29, 0.717) is 13.2 Å². The number of hydrogen-bond donors (Lipinski definition) is 1. The topological polar surface area (TPSA) is 58.6 Å². The van der Waals surface area contributed by atoms with Crippen LogP contribution in [0, 0.1) is 5.82 Å². The molecule has 20 heavy (non-hydrogen) atoms. The van der Waals surface area contributed by atoms with Gasteiger partial charge in [-0.25, -0.2) is 12.8 Å². The maximum atomic E-state index is 13.0. The number of halogens is 2. The van der Waals surface area contributed by atoms with E-state index in [1.165, 1.54) is 17.4 Å². The van der Waals surface area contributed by atoms with E-state index < -0.39 is 15.8 Å². The van der Waals surface area contributed by atoms with Crippen molar-refractivity contribution in [2.24, 2.45) is 0 Å². The lowest BCUT2D eigenvalue weighted by molar-refractivity contribution is 0.0206. The summed E-state index contributed by atoms with van der Waals surface area (Å²) < 4.78 is 44.4. The number of rotatable bonds is 4. The van der Waals surface area contributed by atoms with Gasteiger partial charge in [0.25, 0.3) is 0 Å². The molecule has 1 aromatic carbocycles. The first-order chi connectivity index (χ1) is 9.41. The molecule has 0 spiro atoms. The Morgan fingerprint density at radius 2 is 2.30 bits per heavy atom. The van der Waals surface area contributed by atoms with Crippen molar-refractivity contribution in [1.29, 1.82) is 0 Å². The summed E-state index contributed by atoms with van der Waals surface area (Å²) in [5.74, 6) is -0.573. The Labute approximate surface area is 122 Å². The van der Waals surface area contributed by atoms with E-state index in [9.17, 15) is 12.8 Å². The van der Waals surface area contributed by atoms with Gasteiger partial charge in [-0.15, -0.1) is 0 Å². The van der Waals surface area contributed by atoms with Crippen molar-refractivity contribution >= 4 is 21.6 Å². The maximum absolute atomic E-state index is 13.0. The predicted molar refractivity (Wildman–Crippen MR) is 73.8 cm³/mol. The van der Waals surface area contributed by atoms with Crippen molar-refractivity contribution in [2.75, 3.05) is 33.3 Å². The van der Waals surface area contributed by atoms with Crippen LogP contribution in [0.1, 0.15) is 0 Å². The summed E-state index contributed by atoms with van der Waals surface area (Å²) >= 11 is 5.81. The number of ether oxygens (including phenoxy) is 1. The summed E-state index contributed by atoms with van der Waals surface area (Å²) in [6, 6.07) is 3.23. The van der Waals surface area contributed by atoms with Crippen molar-refractivity contribution < 1.29 is 17.5 Å². The van der Waals surface area contributed by atoms with E-state index in [1.807, 2.05) is 0 Å². The fourth-order valence-corrected chi connectivity index (χ4v) is 3.68. The van der Waals surface area contributed by atoms with Gasteiger partial charge in [0.05, 0.1) is 17.7 Å². The minimum atomic E-state index is -3.76. The molecule has 0 aromatic heterocycles. The molecule has 1 heterocycles. The third-order valence-electron chi connectivity index (χ3n) is 3.05. The van der Waals surface area contributed by atoms with Crippen LogP contribution in [0.5, 0.6) is 0 Å². The van der Waals surface area contributed by atoms with E-state index in [2.05, 4.69) is 5.32 Å². The Kier molecular flexibility index (Phi) is 4.98. The van der Waals surface area contributed by atoms with Crippen molar-refractivity contribution in [3.05, 3.63) is 29.0 Å². The Hall–Kier alpha value is -0.730. The van der Waals surface area contributed by atoms with Gasteiger partial charge in [-0.3, -0.25) is 0 Å². The molecule has 1 fully saturated rings. The summed E-state index contributed by atoms with van der Waals surface area (Å²) in [7, 11) is -2.31. The molecule has 0 aliphatic carbocycles. The van der Waals surface area contributed by atoms with Crippen molar-refractivity contribution in [2.45, 2.75) is 11.0 Å². The smallest absolute Gasteiger partial charge is 0.244 e. The molecule has 1 aliphatic heterocycles. The zero-order valence-electron chi connectivity index (χ0n) is 11.0. The van der Waals surface area contributed by atoms with E-state index >= 15 is 0 Å². The van der Waals surface area contributed by atoms with Crippen LogP contribution < -0.4 is 5.32 Å². The van der Waals surface area contributed by atoms with Gasteiger partial charge in [0.1, 0.15) is 10.7 Å². The van der Waals surface area contributed by atoms with Gasteiger partial charge in [0, 0.05) is 26.7 Å². The molecule has 112 valence electrons. The fraction of sp³-hybridized carbons (Fsp3) is 0.500. The molecule has 8 heteroatoms. The first-order valence-electron chi connectivity index (χ1n) is 6.15. The fourth-order valence-electron chi connectivity index (χ4n) is 1.97. The molecular weight excluding hydrogens is 307 g/mol. The quantitative estimate of drug-likeness (QED) is 0.901. The number of morpholine rings is 1. The second-order valence-electron chi connectivity index (χ2n) is 4.56. The number of hydrogen-bond acceptors (Lipinski definition) is 4. The van der Waals surface area contributed by atoms with Crippen molar-refractivity contribution in [3.63, 3.8) is 0 Å². The highest BCUT2D eigenvalue weighted by Crippen LogP contribution is 2.25. The lowest BCUT2D eigenvalue weighted by atomic mass is 10.3. The molecule has 0 bridgehead atoms. The van der Waals surface area contributed by atoms with Crippen LogP contribution in [0.2, 0.25) is 5.02 Å². The number of sulfonamides is 1. The van der Waals surface area contributed by atoms with Gasteiger partial charge in [0.15, 0.2) is 0 Å². The van der Waals surface area contributed by atoms with Crippen LogP contribution >= 0.6 is 11.6 Å². The minimum Gasteiger partial charge on any atom is -0.374 e. The molecule has 1 unspecified atom stereocenters. The predicted octanol–water partition coefficient (Wildman–Crippen LogP) is 1.09. The molecule has 0 radical (unpaired) electrons. The highest BCUT2D eigenvalue weighted by atomic mass is 35.5. The van der Waals surface area contributed by atoms with Gasteiger partial charge in [-0.1, -0.05) is 11.6 Å². The van der Waals surface area contributed by atoms with Gasteiger partial charge in [-0.2, -0.15) is 4.31 Å². The van der Waals surface area contributed by atoms with Gasteiger partial charge >= 0.3 is 0 Å². The Balaban J connectivity index is 2.16. The largest absolute Gasteiger partial charge is 0.374 e. The molecule has 2 rings (SSSR count). The minimum absolute atomic E-state index is 0.105. The number of benzene rings is 1. The second kappa shape index (κ2) is 6.36. The Bertz CT molecular complexity index is 576. The third-order valence-corrected chi connectivity index (χ3v) is 5.35. The summed E-state index contributed by atoms with van der Waals surface area (Å²) in [5.41, 5.74) is 0. The van der Waals surface area contributed by atoms with Crippen molar-refractivity contribution in [3.8, 4) is 0 Å². The number of nitrogens with zero attached hydrogens (tertiary/aromatic N) is 1. The first kappa shape index (κ1) is 15.7. The molecule has 1 aliphatic rings. The number of nitrogens with one attached hydrogen (secondary N) is 1. The van der Waals surface area contributed by atoms with Gasteiger partial charge in [0.2, 0.25) is 10.0 Å². The zero-order valence-corrected chi connectivity index (χ0v) is 12.5. The Morgan fingerprint density at radius 3 is 2.90 bits per heavy atom. The average Bonchev–Trinajstić information content (AvgIpc) is 2.39. The van der Waals surface area contributed by atoms with E-state index in [1.54, 1.807) is 0 Å². The van der Waals surface area contributed by atoms with Crippen LogP contribution in [0.3, 0.4) is 0 Å². The summed E-state index contributed by atoms with van der Waals surface area (Å²) in [6.45, 7) is 2.12. The van der Waals surface area contributed by atoms with Gasteiger partial charge < -0.3 is 10.1 Å². The van der Waals surface area contributed by atoms with E-state index in [4.69, 9.17) is 16.3 Å². The van der Waals surface area contributed by atoms with Crippen LogP contribution in [-0.2, 0) is 14.8 Å². The monoisotopic (exact) mass is 322 g/mol. The van der Waals surface area contributed by atoms with E-state index in [-0.39, 0.29) is 22.6 Å². The standard InChI is InChI=1S/C12H16ClFN2O3S/c1-16(8-10-7-15-4-5-19-10)20(17,18)12-3-2-9(14)6-11(12)13/h2-3,6,10,15H,4-5,7-8H2,1H3. The average molecular weight is 323 g/mol. The molecule has 1 saturated heterocycles. The number of likely N-dealkylation sites (N-methyl/N-ethyl adjacent to an activating group) is 1. The molecule has 0 saturated carbocycles. The SMILES string of the molecule is CN(CC1CNCCO1)S(=O)(=O)c1ccc(F)cc1Cl. The molecule has 5 nitrogen and oxygen atoms in total. The van der Waals surface area contributed by atoms with Crippen LogP contribution in [0.4, 0.5) is 4.39 Å². The summed E-state index contributed by atoms with van der Waals surface area (Å²) in [4.78, 5) is -0.105.